The summed E-state index contributed by atoms with van der Waals surface area (Å²) in [6, 6.07) is 74.8. The van der Waals surface area contributed by atoms with Gasteiger partial charge in [0.25, 0.3) is 0 Å². The predicted octanol–water partition coefficient (Wildman–Crippen LogP) is 13.8. The van der Waals surface area contributed by atoms with Gasteiger partial charge in [-0.25, -0.2) is 9.97 Å². The Labute approximate surface area is 340 Å². The summed E-state index contributed by atoms with van der Waals surface area (Å²) >= 11 is 0. The van der Waals surface area contributed by atoms with Crippen LogP contribution >= 0.6 is 0 Å². The summed E-state index contributed by atoms with van der Waals surface area (Å²) in [7, 11) is 0. The Hall–Kier alpha value is -7.16. The zero-order valence-corrected chi connectivity index (χ0v) is 32.5. The lowest BCUT2D eigenvalue weighted by atomic mass is 9.55. The molecule has 0 fully saturated rings. The molecular weight excluding hydrogens is 701 g/mol. The van der Waals surface area contributed by atoms with Crippen LogP contribution in [0.5, 0.6) is 0 Å². The van der Waals surface area contributed by atoms with Gasteiger partial charge in [0.15, 0.2) is 5.82 Å². The Kier molecular flexibility index (Phi) is 7.78. The smallest absolute Gasteiger partial charge is 0.160 e. The number of aromatic nitrogens is 2. The third kappa shape index (κ3) is 5.11. The van der Waals surface area contributed by atoms with E-state index in [2.05, 4.69) is 208 Å². The highest BCUT2D eigenvalue weighted by Gasteiger charge is 2.53. The van der Waals surface area contributed by atoms with Gasteiger partial charge in [-0.2, -0.15) is 0 Å². The van der Waals surface area contributed by atoms with Crippen LogP contribution in [0.3, 0.4) is 0 Å². The Morgan fingerprint density at radius 2 is 0.724 bits per heavy atom. The van der Waals surface area contributed by atoms with E-state index in [0.717, 1.165) is 28.1 Å². The van der Waals surface area contributed by atoms with Crippen LogP contribution in [-0.2, 0) is 10.8 Å². The predicted molar refractivity (Wildman–Crippen MR) is 239 cm³/mol. The Bertz CT molecular complexity index is 2950. The molecule has 0 saturated carbocycles. The minimum atomic E-state index is -0.422. The Morgan fingerprint density at radius 3 is 1.34 bits per heavy atom. The van der Waals surface area contributed by atoms with E-state index in [1.54, 1.807) is 0 Å². The van der Waals surface area contributed by atoms with E-state index in [9.17, 15) is 0 Å². The van der Waals surface area contributed by atoms with E-state index < -0.39 is 5.41 Å². The van der Waals surface area contributed by atoms with Gasteiger partial charge in [0, 0.05) is 22.1 Å². The fourth-order valence-corrected chi connectivity index (χ4v) is 9.89. The maximum Gasteiger partial charge on any atom is 0.160 e. The van der Waals surface area contributed by atoms with Crippen molar-refractivity contribution >= 4 is 0 Å². The molecule has 1 spiro atoms. The monoisotopic (exact) mass is 740 g/mol. The van der Waals surface area contributed by atoms with Gasteiger partial charge in [0.1, 0.15) is 0 Å². The zero-order chi connectivity index (χ0) is 38.8. The maximum atomic E-state index is 5.19. The van der Waals surface area contributed by atoms with Crippen molar-refractivity contribution in [2.75, 3.05) is 0 Å². The van der Waals surface area contributed by atoms with Gasteiger partial charge in [-0.05, 0) is 72.8 Å². The van der Waals surface area contributed by atoms with E-state index >= 15 is 0 Å². The molecule has 0 bridgehead atoms. The number of hydrogen-bond acceptors (Lipinski definition) is 2. The van der Waals surface area contributed by atoms with Crippen LogP contribution in [0, 0.1) is 0 Å². The van der Waals surface area contributed by atoms with E-state index in [1.807, 2.05) is 12.1 Å². The minimum Gasteiger partial charge on any atom is -0.228 e. The number of benzene rings is 8. The molecule has 274 valence electrons. The molecule has 0 unspecified atom stereocenters. The third-order valence-corrected chi connectivity index (χ3v) is 12.6. The lowest BCUT2D eigenvalue weighted by Crippen LogP contribution is -2.40. The normalized spacial score (nSPS) is 14.0. The molecule has 0 aliphatic heterocycles. The summed E-state index contributed by atoms with van der Waals surface area (Å²) < 4.78 is 0. The molecule has 2 aliphatic rings. The number of fused-ring (bicyclic) bond motifs is 9. The molecule has 0 radical (unpaired) electrons. The SMILES string of the molecule is CC1(C)c2ccccc2C2(c3ccccc3-c3c(-c4ccc(-c5cc(-c6ccccc6)nc(-c6ccc(-c7ccccc7)cc6)n5)cc4)cccc32)c2ccccc21. The first-order valence-electron chi connectivity index (χ1n) is 20.2. The molecule has 9 aromatic rings. The molecule has 11 rings (SSSR count). The molecular formula is C56H40N2. The van der Waals surface area contributed by atoms with Crippen molar-refractivity contribution in [3.8, 4) is 67.3 Å². The summed E-state index contributed by atoms with van der Waals surface area (Å²) in [6.07, 6.45) is 0. The van der Waals surface area contributed by atoms with Crippen molar-refractivity contribution < 1.29 is 0 Å². The molecule has 0 amide bonds. The average molecular weight is 741 g/mol. The standard InChI is InChI=1S/C56H40N2/c1-55(2)46-23-11-13-25-48(46)56(49-26-14-12-24-47(49)55)45-22-10-9-20-44(45)53-43(21-15-27-50(53)56)39-30-32-41(33-31-39)52-36-51(40-18-7-4-8-19-40)57-54(58-52)42-34-28-38(29-35-42)37-16-5-3-6-17-37/h3-36H,1-2H3. The molecule has 58 heavy (non-hydrogen) atoms. The van der Waals surface area contributed by atoms with Crippen LogP contribution in [0.2, 0.25) is 0 Å². The van der Waals surface area contributed by atoms with Gasteiger partial charge in [-0.1, -0.05) is 214 Å². The van der Waals surface area contributed by atoms with Crippen LogP contribution in [0.1, 0.15) is 47.2 Å². The first-order chi connectivity index (χ1) is 28.5. The molecule has 1 heterocycles. The van der Waals surface area contributed by atoms with Crippen molar-refractivity contribution in [2.24, 2.45) is 0 Å². The topological polar surface area (TPSA) is 25.8 Å². The highest BCUT2D eigenvalue weighted by molar-refractivity contribution is 5.96. The van der Waals surface area contributed by atoms with Gasteiger partial charge in [-0.3, -0.25) is 0 Å². The zero-order valence-electron chi connectivity index (χ0n) is 32.5. The number of nitrogens with zero attached hydrogens (tertiary/aromatic N) is 2. The molecule has 2 nitrogen and oxygen atoms in total. The second kappa shape index (κ2) is 13.2. The van der Waals surface area contributed by atoms with Gasteiger partial charge in [-0.15, -0.1) is 0 Å². The third-order valence-electron chi connectivity index (χ3n) is 12.6. The molecule has 0 saturated heterocycles. The van der Waals surface area contributed by atoms with Crippen molar-refractivity contribution in [3.63, 3.8) is 0 Å². The maximum absolute atomic E-state index is 5.19. The van der Waals surface area contributed by atoms with Gasteiger partial charge in [0.05, 0.1) is 16.8 Å². The van der Waals surface area contributed by atoms with Gasteiger partial charge < -0.3 is 0 Å². The van der Waals surface area contributed by atoms with Crippen LogP contribution < -0.4 is 0 Å². The van der Waals surface area contributed by atoms with Gasteiger partial charge >= 0.3 is 0 Å². The van der Waals surface area contributed by atoms with Crippen molar-refractivity contribution in [1.82, 2.24) is 9.97 Å². The fraction of sp³-hybridized carbons (Fsp3) is 0.0714. The van der Waals surface area contributed by atoms with Crippen molar-refractivity contribution in [3.05, 3.63) is 240 Å². The highest BCUT2D eigenvalue weighted by Crippen LogP contribution is 2.63. The molecule has 2 aliphatic carbocycles. The van der Waals surface area contributed by atoms with Crippen LogP contribution in [-0.4, -0.2) is 9.97 Å². The number of rotatable bonds is 5. The average Bonchev–Trinajstić information content (AvgIpc) is 3.60. The molecule has 0 N–H and O–H groups in total. The quantitative estimate of drug-likeness (QED) is 0.176. The molecule has 0 atom stereocenters. The van der Waals surface area contributed by atoms with Crippen LogP contribution in [0.4, 0.5) is 0 Å². The first kappa shape index (κ1) is 34.1. The second-order valence-electron chi connectivity index (χ2n) is 16.1. The molecule has 8 aromatic carbocycles. The van der Waals surface area contributed by atoms with E-state index in [1.165, 1.54) is 66.8 Å². The van der Waals surface area contributed by atoms with E-state index in [0.29, 0.717) is 5.82 Å². The second-order valence-corrected chi connectivity index (χ2v) is 16.1. The lowest BCUT2D eigenvalue weighted by Gasteiger charge is -2.46. The Morgan fingerprint density at radius 1 is 0.310 bits per heavy atom. The largest absolute Gasteiger partial charge is 0.228 e. The number of hydrogen-bond donors (Lipinski definition) is 0. The van der Waals surface area contributed by atoms with E-state index in [4.69, 9.17) is 9.97 Å². The van der Waals surface area contributed by atoms with E-state index in [-0.39, 0.29) is 5.41 Å². The summed E-state index contributed by atoms with van der Waals surface area (Å²) in [5.74, 6) is 0.707. The summed E-state index contributed by atoms with van der Waals surface area (Å²) in [6.45, 7) is 4.75. The summed E-state index contributed by atoms with van der Waals surface area (Å²) in [4.78, 5) is 10.3. The van der Waals surface area contributed by atoms with Gasteiger partial charge in [0.2, 0.25) is 0 Å². The molecule has 2 heteroatoms. The first-order valence-corrected chi connectivity index (χ1v) is 20.2. The molecule has 1 aromatic heterocycles. The minimum absolute atomic E-state index is 0.129. The highest BCUT2D eigenvalue weighted by atomic mass is 14.9. The van der Waals surface area contributed by atoms with Crippen molar-refractivity contribution in [2.45, 2.75) is 24.7 Å². The van der Waals surface area contributed by atoms with Crippen molar-refractivity contribution in [1.29, 1.82) is 0 Å². The van der Waals surface area contributed by atoms with Crippen LogP contribution in [0.25, 0.3) is 67.3 Å². The summed E-state index contributed by atoms with van der Waals surface area (Å²) in [5, 5.41) is 0. The summed E-state index contributed by atoms with van der Waals surface area (Å²) in [5.41, 5.74) is 19.9. The lowest BCUT2D eigenvalue weighted by molar-refractivity contribution is 0.563. The Balaban J connectivity index is 1.04. The van der Waals surface area contributed by atoms with Crippen LogP contribution in [0.15, 0.2) is 206 Å². The fourth-order valence-electron chi connectivity index (χ4n) is 9.89.